The minimum absolute atomic E-state index is 0.222. The van der Waals surface area contributed by atoms with Crippen LogP contribution in [-0.2, 0) is 0 Å². The number of rotatable bonds is 1. The molecule has 2 aliphatic heterocycles. The van der Waals surface area contributed by atoms with Crippen LogP contribution in [0.3, 0.4) is 0 Å². The topological polar surface area (TPSA) is 32.3 Å². The summed E-state index contributed by atoms with van der Waals surface area (Å²) in [7, 11) is 0. The van der Waals surface area contributed by atoms with Crippen molar-refractivity contribution in [2.45, 2.75) is 25.8 Å². The molecule has 2 atom stereocenters. The van der Waals surface area contributed by atoms with Crippen molar-refractivity contribution in [3.8, 4) is 0 Å². The first kappa shape index (κ1) is 11.2. The van der Waals surface area contributed by atoms with Gasteiger partial charge >= 0.3 is 0 Å². The lowest BCUT2D eigenvalue weighted by atomic mass is 9.94. The van der Waals surface area contributed by atoms with E-state index in [1.165, 1.54) is 17.7 Å². The van der Waals surface area contributed by atoms with E-state index < -0.39 is 0 Å². The summed E-state index contributed by atoms with van der Waals surface area (Å²) in [5, 5.41) is 3.53. The Morgan fingerprint density at radius 2 is 2.35 bits per heavy atom. The number of aryl methyl sites for hydroxylation is 1. The van der Waals surface area contributed by atoms with Gasteiger partial charge in [-0.1, -0.05) is 0 Å². The zero-order valence-electron chi connectivity index (χ0n) is 10.1. The van der Waals surface area contributed by atoms with Gasteiger partial charge in [0.15, 0.2) is 0 Å². The third kappa shape index (κ3) is 2.11. The van der Waals surface area contributed by atoms with E-state index in [9.17, 15) is 4.79 Å². The maximum Gasteiger partial charge on any atom is 0.263 e. The Morgan fingerprint density at radius 3 is 3.06 bits per heavy atom. The standard InChI is InChI=1S/C13H18N2OS/c1-9-4-5-12(17-9)13(16)15-7-10-3-2-6-14-11(10)8-15/h4-5,10-11,14H,2-3,6-8H2,1H3. The van der Waals surface area contributed by atoms with E-state index in [4.69, 9.17) is 0 Å². The number of carbonyl (C=O) groups excluding carboxylic acids is 1. The molecule has 4 heteroatoms. The molecule has 2 fully saturated rings. The Kier molecular flexibility index (Phi) is 2.92. The summed E-state index contributed by atoms with van der Waals surface area (Å²) < 4.78 is 0. The number of nitrogens with zero attached hydrogens (tertiary/aromatic N) is 1. The summed E-state index contributed by atoms with van der Waals surface area (Å²) in [5.74, 6) is 0.896. The van der Waals surface area contributed by atoms with Crippen LogP contribution >= 0.6 is 11.3 Å². The van der Waals surface area contributed by atoms with Crippen molar-refractivity contribution in [3.05, 3.63) is 21.9 Å². The number of amides is 1. The zero-order chi connectivity index (χ0) is 11.8. The van der Waals surface area contributed by atoms with Crippen LogP contribution in [0.15, 0.2) is 12.1 Å². The molecule has 3 heterocycles. The summed E-state index contributed by atoms with van der Waals surface area (Å²) in [6, 6.07) is 4.52. The molecule has 3 nitrogen and oxygen atoms in total. The van der Waals surface area contributed by atoms with Crippen molar-refractivity contribution >= 4 is 17.2 Å². The quantitative estimate of drug-likeness (QED) is 0.825. The molecular weight excluding hydrogens is 232 g/mol. The fourth-order valence-electron chi connectivity index (χ4n) is 2.92. The smallest absolute Gasteiger partial charge is 0.263 e. The highest BCUT2D eigenvalue weighted by Crippen LogP contribution is 2.27. The van der Waals surface area contributed by atoms with Gasteiger partial charge in [0, 0.05) is 24.0 Å². The molecule has 17 heavy (non-hydrogen) atoms. The summed E-state index contributed by atoms with van der Waals surface area (Å²) in [5.41, 5.74) is 0. The average Bonchev–Trinajstić information content (AvgIpc) is 2.93. The molecule has 0 saturated carbocycles. The highest BCUT2D eigenvalue weighted by molar-refractivity contribution is 7.13. The lowest BCUT2D eigenvalue weighted by Crippen LogP contribution is -2.41. The normalized spacial score (nSPS) is 28.2. The number of fused-ring (bicyclic) bond motifs is 1. The predicted molar refractivity (Wildman–Crippen MR) is 69.5 cm³/mol. The molecule has 2 saturated heterocycles. The van der Waals surface area contributed by atoms with Gasteiger partial charge in [-0.3, -0.25) is 4.79 Å². The molecule has 1 aromatic heterocycles. The first-order valence-corrected chi connectivity index (χ1v) is 7.15. The van der Waals surface area contributed by atoms with Crippen molar-refractivity contribution in [2.75, 3.05) is 19.6 Å². The zero-order valence-corrected chi connectivity index (χ0v) is 10.9. The van der Waals surface area contributed by atoms with E-state index >= 15 is 0 Å². The van der Waals surface area contributed by atoms with E-state index in [0.717, 1.165) is 24.5 Å². The largest absolute Gasteiger partial charge is 0.336 e. The van der Waals surface area contributed by atoms with Gasteiger partial charge in [-0.2, -0.15) is 0 Å². The van der Waals surface area contributed by atoms with Crippen molar-refractivity contribution in [3.63, 3.8) is 0 Å². The van der Waals surface area contributed by atoms with Crippen LogP contribution < -0.4 is 5.32 Å². The number of hydrogen-bond donors (Lipinski definition) is 1. The van der Waals surface area contributed by atoms with Gasteiger partial charge in [0.25, 0.3) is 5.91 Å². The second-order valence-electron chi connectivity index (χ2n) is 5.08. The lowest BCUT2D eigenvalue weighted by Gasteiger charge is -2.24. The number of thiophene rings is 1. The van der Waals surface area contributed by atoms with Crippen molar-refractivity contribution in [1.29, 1.82) is 0 Å². The first-order valence-electron chi connectivity index (χ1n) is 6.33. The molecule has 1 amide bonds. The number of piperidine rings is 1. The molecule has 0 aliphatic carbocycles. The van der Waals surface area contributed by atoms with E-state index in [1.807, 2.05) is 24.0 Å². The summed E-state index contributed by atoms with van der Waals surface area (Å²) >= 11 is 1.60. The fourth-order valence-corrected chi connectivity index (χ4v) is 3.75. The number of hydrogen-bond acceptors (Lipinski definition) is 3. The van der Waals surface area contributed by atoms with E-state index in [1.54, 1.807) is 11.3 Å². The van der Waals surface area contributed by atoms with Gasteiger partial charge in [0.2, 0.25) is 0 Å². The van der Waals surface area contributed by atoms with Crippen LogP contribution in [0.5, 0.6) is 0 Å². The van der Waals surface area contributed by atoms with E-state index in [2.05, 4.69) is 5.32 Å². The average molecular weight is 250 g/mol. The molecule has 1 N–H and O–H groups in total. The van der Waals surface area contributed by atoms with Crippen molar-refractivity contribution < 1.29 is 4.79 Å². The van der Waals surface area contributed by atoms with Crippen molar-refractivity contribution in [2.24, 2.45) is 5.92 Å². The molecule has 2 unspecified atom stereocenters. The van der Waals surface area contributed by atoms with Gasteiger partial charge in [0.1, 0.15) is 0 Å². The second-order valence-corrected chi connectivity index (χ2v) is 6.37. The Labute approximate surface area is 106 Å². The van der Waals surface area contributed by atoms with E-state index in [-0.39, 0.29) is 5.91 Å². The monoisotopic (exact) mass is 250 g/mol. The van der Waals surface area contributed by atoms with Gasteiger partial charge in [0.05, 0.1) is 4.88 Å². The summed E-state index contributed by atoms with van der Waals surface area (Å²) in [6.45, 7) is 4.99. The minimum Gasteiger partial charge on any atom is -0.336 e. The fraction of sp³-hybridized carbons (Fsp3) is 0.615. The molecule has 0 radical (unpaired) electrons. The summed E-state index contributed by atoms with van der Waals surface area (Å²) in [4.78, 5) is 16.4. The Hall–Kier alpha value is -0.870. The Balaban J connectivity index is 1.71. The van der Waals surface area contributed by atoms with Crippen LogP contribution in [0.2, 0.25) is 0 Å². The molecule has 1 aromatic rings. The molecule has 0 aromatic carbocycles. The van der Waals surface area contributed by atoms with Gasteiger partial charge in [-0.25, -0.2) is 0 Å². The minimum atomic E-state index is 0.222. The maximum absolute atomic E-state index is 12.3. The SMILES string of the molecule is Cc1ccc(C(=O)N2CC3CCCNC3C2)s1. The van der Waals surface area contributed by atoms with Crippen LogP contribution in [0.1, 0.15) is 27.4 Å². The molecule has 0 bridgehead atoms. The lowest BCUT2D eigenvalue weighted by molar-refractivity contribution is 0.0790. The number of likely N-dealkylation sites (tertiary alicyclic amines) is 1. The van der Waals surface area contributed by atoms with Crippen LogP contribution in [0, 0.1) is 12.8 Å². The third-order valence-corrected chi connectivity index (χ3v) is 4.83. The highest BCUT2D eigenvalue weighted by Gasteiger charge is 2.36. The third-order valence-electron chi connectivity index (χ3n) is 3.84. The van der Waals surface area contributed by atoms with Crippen LogP contribution in [0.4, 0.5) is 0 Å². The molecular formula is C13H18N2OS. The predicted octanol–water partition coefficient (Wildman–Crippen LogP) is 1.88. The Morgan fingerprint density at radius 1 is 1.47 bits per heavy atom. The van der Waals surface area contributed by atoms with Gasteiger partial charge in [-0.15, -0.1) is 11.3 Å². The second kappa shape index (κ2) is 4.42. The number of carbonyl (C=O) groups is 1. The highest BCUT2D eigenvalue weighted by atomic mass is 32.1. The first-order chi connectivity index (χ1) is 8.24. The summed E-state index contributed by atoms with van der Waals surface area (Å²) in [6.07, 6.45) is 2.52. The van der Waals surface area contributed by atoms with Crippen LogP contribution in [-0.4, -0.2) is 36.5 Å². The number of nitrogens with one attached hydrogen (secondary N) is 1. The van der Waals surface area contributed by atoms with Gasteiger partial charge in [-0.05, 0) is 44.4 Å². The molecule has 0 spiro atoms. The van der Waals surface area contributed by atoms with Gasteiger partial charge < -0.3 is 10.2 Å². The Bertz CT molecular complexity index is 415. The maximum atomic E-state index is 12.3. The molecule has 92 valence electrons. The molecule has 3 rings (SSSR count). The molecule has 2 aliphatic rings. The van der Waals surface area contributed by atoms with Crippen molar-refractivity contribution in [1.82, 2.24) is 10.2 Å². The van der Waals surface area contributed by atoms with E-state index in [0.29, 0.717) is 12.0 Å². The van der Waals surface area contributed by atoms with Crippen LogP contribution in [0.25, 0.3) is 0 Å².